The molecule has 1 aromatic rings. The van der Waals surface area contributed by atoms with E-state index in [1.165, 1.54) is 0 Å². The first-order valence-electron chi connectivity index (χ1n) is 3.24. The monoisotopic (exact) mass is 154 g/mol. The predicted octanol–water partition coefficient (Wildman–Crippen LogP) is 1.86. The van der Waals surface area contributed by atoms with E-state index in [1.807, 2.05) is 13.0 Å². The summed E-state index contributed by atoms with van der Waals surface area (Å²) < 4.78 is 5.00. The minimum absolute atomic E-state index is 0.382. The maximum atomic E-state index is 8.29. The first-order valence-corrected chi connectivity index (χ1v) is 3.24. The Labute approximate surface area is 65.1 Å². The zero-order valence-electron chi connectivity index (χ0n) is 6.50. The van der Waals surface area contributed by atoms with Crippen molar-refractivity contribution in [2.24, 2.45) is 0 Å². The van der Waals surface area contributed by atoms with Crippen molar-refractivity contribution < 1.29 is 14.9 Å². The minimum atomic E-state index is 0.382. The van der Waals surface area contributed by atoms with Gasteiger partial charge in [0.1, 0.15) is 5.75 Å². The van der Waals surface area contributed by atoms with Gasteiger partial charge in [-0.3, -0.25) is 0 Å². The number of rotatable bonds is 2. The topological polar surface area (TPSA) is 38.7 Å². The maximum Gasteiger partial charge on any atom is 0.168 e. The van der Waals surface area contributed by atoms with E-state index in [2.05, 4.69) is 4.89 Å². The number of methoxy groups -OCH3 is 1. The van der Waals surface area contributed by atoms with E-state index in [-0.39, 0.29) is 0 Å². The van der Waals surface area contributed by atoms with Gasteiger partial charge in [0.05, 0.1) is 7.11 Å². The van der Waals surface area contributed by atoms with Gasteiger partial charge in [-0.1, -0.05) is 6.07 Å². The Kier molecular flexibility index (Phi) is 2.33. The van der Waals surface area contributed by atoms with Crippen molar-refractivity contribution in [3.05, 3.63) is 23.8 Å². The number of hydrogen-bond donors (Lipinski definition) is 1. The summed E-state index contributed by atoms with van der Waals surface area (Å²) in [6.45, 7) is 1.92. The number of ether oxygens (including phenoxy) is 1. The fourth-order valence-electron chi connectivity index (χ4n) is 0.857. The highest BCUT2D eigenvalue weighted by Gasteiger charge is 1.99. The Balaban J connectivity index is 3.02. The summed E-state index contributed by atoms with van der Waals surface area (Å²) in [6.07, 6.45) is 0. The average Bonchev–Trinajstić information content (AvgIpc) is 2.05. The smallest absolute Gasteiger partial charge is 0.168 e. The van der Waals surface area contributed by atoms with Crippen LogP contribution in [0, 0.1) is 6.92 Å². The molecule has 0 saturated heterocycles. The van der Waals surface area contributed by atoms with Gasteiger partial charge in [0, 0.05) is 6.07 Å². The Morgan fingerprint density at radius 3 is 2.64 bits per heavy atom. The molecule has 0 fully saturated rings. The van der Waals surface area contributed by atoms with Gasteiger partial charge in [-0.05, 0) is 18.6 Å². The SMILES string of the molecule is COc1cc(OO)ccc1C. The van der Waals surface area contributed by atoms with E-state index in [1.54, 1.807) is 19.2 Å². The van der Waals surface area contributed by atoms with Crippen LogP contribution in [0.25, 0.3) is 0 Å². The molecule has 0 bridgehead atoms. The van der Waals surface area contributed by atoms with Crippen LogP contribution in [0.5, 0.6) is 11.5 Å². The van der Waals surface area contributed by atoms with Gasteiger partial charge in [-0.25, -0.2) is 5.26 Å². The molecule has 0 spiro atoms. The fraction of sp³-hybridized carbons (Fsp3) is 0.250. The van der Waals surface area contributed by atoms with Gasteiger partial charge in [0.2, 0.25) is 0 Å². The number of aryl methyl sites for hydroxylation is 1. The molecule has 11 heavy (non-hydrogen) atoms. The fourth-order valence-corrected chi connectivity index (χ4v) is 0.857. The summed E-state index contributed by atoms with van der Waals surface area (Å²) in [4.78, 5) is 4.03. The first-order chi connectivity index (χ1) is 5.27. The molecule has 0 heterocycles. The van der Waals surface area contributed by atoms with Gasteiger partial charge < -0.3 is 9.62 Å². The molecule has 0 unspecified atom stereocenters. The molecule has 0 aromatic heterocycles. The quantitative estimate of drug-likeness (QED) is 0.522. The zero-order chi connectivity index (χ0) is 8.27. The van der Waals surface area contributed by atoms with Gasteiger partial charge >= 0.3 is 0 Å². The Hall–Kier alpha value is -1.22. The van der Waals surface area contributed by atoms with Crippen LogP contribution in [0.3, 0.4) is 0 Å². The Bertz CT molecular complexity index is 245. The minimum Gasteiger partial charge on any atom is -0.496 e. The second kappa shape index (κ2) is 3.25. The highest BCUT2D eigenvalue weighted by Crippen LogP contribution is 2.22. The second-order valence-electron chi connectivity index (χ2n) is 2.22. The third-order valence-electron chi connectivity index (χ3n) is 1.48. The lowest BCUT2D eigenvalue weighted by Gasteiger charge is -2.04. The van der Waals surface area contributed by atoms with Crippen LogP contribution in [0.4, 0.5) is 0 Å². The molecule has 0 atom stereocenters. The zero-order valence-corrected chi connectivity index (χ0v) is 6.50. The van der Waals surface area contributed by atoms with Crippen molar-refractivity contribution in [1.82, 2.24) is 0 Å². The molecule has 0 aliphatic heterocycles. The predicted molar refractivity (Wildman–Crippen MR) is 41.0 cm³/mol. The summed E-state index contributed by atoms with van der Waals surface area (Å²) in [5.74, 6) is 1.09. The molecule has 1 rings (SSSR count). The molecular weight excluding hydrogens is 144 g/mol. The molecule has 3 heteroatoms. The van der Waals surface area contributed by atoms with Gasteiger partial charge in [0.15, 0.2) is 5.75 Å². The Morgan fingerprint density at radius 2 is 2.09 bits per heavy atom. The van der Waals surface area contributed by atoms with E-state index >= 15 is 0 Å². The van der Waals surface area contributed by atoms with Crippen molar-refractivity contribution in [1.29, 1.82) is 0 Å². The van der Waals surface area contributed by atoms with Crippen LogP contribution in [0.15, 0.2) is 18.2 Å². The standard InChI is InChI=1S/C8H10O3/c1-6-3-4-7(11-9)5-8(6)10-2/h3-5,9H,1-2H3. The van der Waals surface area contributed by atoms with E-state index in [4.69, 9.17) is 9.99 Å². The molecule has 0 aliphatic rings. The van der Waals surface area contributed by atoms with E-state index < -0.39 is 0 Å². The normalized spacial score (nSPS) is 9.36. The maximum absolute atomic E-state index is 8.29. The largest absolute Gasteiger partial charge is 0.496 e. The molecule has 60 valence electrons. The van der Waals surface area contributed by atoms with E-state index in [0.717, 1.165) is 5.56 Å². The molecule has 0 aliphatic carbocycles. The lowest BCUT2D eigenvalue weighted by molar-refractivity contribution is -0.137. The van der Waals surface area contributed by atoms with Gasteiger partial charge in [0.25, 0.3) is 0 Å². The third kappa shape index (κ3) is 1.62. The lowest BCUT2D eigenvalue weighted by atomic mass is 10.2. The molecule has 0 saturated carbocycles. The average molecular weight is 154 g/mol. The van der Waals surface area contributed by atoms with E-state index in [9.17, 15) is 0 Å². The van der Waals surface area contributed by atoms with Crippen LogP contribution in [-0.4, -0.2) is 12.4 Å². The van der Waals surface area contributed by atoms with Crippen LogP contribution < -0.4 is 9.62 Å². The molecule has 3 nitrogen and oxygen atoms in total. The third-order valence-corrected chi connectivity index (χ3v) is 1.48. The molecule has 0 radical (unpaired) electrons. The van der Waals surface area contributed by atoms with Crippen molar-refractivity contribution in [2.75, 3.05) is 7.11 Å². The molecule has 1 aromatic carbocycles. The summed E-state index contributed by atoms with van der Waals surface area (Å²) in [6, 6.07) is 5.09. The summed E-state index contributed by atoms with van der Waals surface area (Å²) >= 11 is 0. The van der Waals surface area contributed by atoms with Crippen LogP contribution in [0.2, 0.25) is 0 Å². The molecule has 1 N–H and O–H groups in total. The summed E-state index contributed by atoms with van der Waals surface area (Å²) in [5, 5.41) is 8.29. The van der Waals surface area contributed by atoms with Crippen molar-refractivity contribution >= 4 is 0 Å². The number of hydrogen-bond acceptors (Lipinski definition) is 3. The second-order valence-corrected chi connectivity index (χ2v) is 2.22. The van der Waals surface area contributed by atoms with Crippen molar-refractivity contribution in [2.45, 2.75) is 6.92 Å². The van der Waals surface area contributed by atoms with Gasteiger partial charge in [-0.2, -0.15) is 0 Å². The van der Waals surface area contributed by atoms with Crippen LogP contribution >= 0.6 is 0 Å². The molecule has 0 amide bonds. The highest BCUT2D eigenvalue weighted by molar-refractivity contribution is 5.39. The Morgan fingerprint density at radius 1 is 1.36 bits per heavy atom. The van der Waals surface area contributed by atoms with Crippen LogP contribution in [0.1, 0.15) is 5.56 Å². The van der Waals surface area contributed by atoms with Gasteiger partial charge in [-0.15, -0.1) is 0 Å². The van der Waals surface area contributed by atoms with Crippen molar-refractivity contribution in [3.63, 3.8) is 0 Å². The highest BCUT2D eigenvalue weighted by atomic mass is 17.1. The summed E-state index contributed by atoms with van der Waals surface area (Å²) in [7, 11) is 1.57. The first kappa shape index (κ1) is 7.88. The van der Waals surface area contributed by atoms with Crippen molar-refractivity contribution in [3.8, 4) is 11.5 Å². The van der Waals surface area contributed by atoms with Crippen LogP contribution in [-0.2, 0) is 0 Å². The molecular formula is C8H10O3. The van der Waals surface area contributed by atoms with E-state index in [0.29, 0.717) is 11.5 Å². The summed E-state index contributed by atoms with van der Waals surface area (Å²) in [5.41, 5.74) is 1.01. The lowest BCUT2D eigenvalue weighted by Crippen LogP contribution is -1.89. The number of benzene rings is 1.